The van der Waals surface area contributed by atoms with Crippen LogP contribution in [0, 0.1) is 5.82 Å². The lowest BCUT2D eigenvalue weighted by molar-refractivity contribution is 0.408. The Morgan fingerprint density at radius 1 is 1.13 bits per heavy atom. The molecule has 1 aliphatic heterocycles. The van der Waals surface area contributed by atoms with E-state index in [4.69, 9.17) is 4.74 Å². The van der Waals surface area contributed by atoms with Gasteiger partial charge in [-0.15, -0.1) is 0 Å². The minimum Gasteiger partial charge on any atom is -0.435 e. The number of rotatable bonds is 0. The van der Waals surface area contributed by atoms with Gasteiger partial charge in [-0.1, -0.05) is 18.2 Å². The Morgan fingerprint density at radius 3 is 2.93 bits per heavy atom. The van der Waals surface area contributed by atoms with Crippen LogP contribution in [0.1, 0.15) is 11.1 Å². The number of hydrogen-bond donors (Lipinski definition) is 0. The number of benzene rings is 1. The van der Waals surface area contributed by atoms with E-state index in [0.717, 1.165) is 11.1 Å². The molecule has 0 fully saturated rings. The minimum absolute atomic E-state index is 0.309. The van der Waals surface area contributed by atoms with E-state index in [9.17, 15) is 4.39 Å². The number of para-hydroxylation sites is 1. The lowest BCUT2D eigenvalue weighted by Gasteiger charge is -2.18. The Balaban J connectivity index is 2.15. The first-order chi connectivity index (χ1) is 7.34. The predicted octanol–water partition coefficient (Wildman–Crippen LogP) is 2.92. The number of nitrogens with zero attached hydrogens (tertiary/aromatic N) is 1. The maximum absolute atomic E-state index is 13.4. The molecule has 2 nitrogen and oxygen atoms in total. The van der Waals surface area contributed by atoms with E-state index in [-0.39, 0.29) is 5.82 Å². The fourth-order valence-corrected chi connectivity index (χ4v) is 1.76. The summed E-state index contributed by atoms with van der Waals surface area (Å²) in [5, 5.41) is 0. The molecular weight excluding hydrogens is 193 g/mol. The molecule has 0 spiro atoms. The average Bonchev–Trinajstić information content (AvgIpc) is 2.27. The lowest BCUT2D eigenvalue weighted by Crippen LogP contribution is -2.05. The van der Waals surface area contributed by atoms with Crippen LogP contribution in [0.3, 0.4) is 0 Å². The van der Waals surface area contributed by atoms with Gasteiger partial charge < -0.3 is 4.74 Å². The number of fused-ring (bicyclic) bond motifs is 2. The summed E-state index contributed by atoms with van der Waals surface area (Å²) in [6.07, 6.45) is 2.32. The Morgan fingerprint density at radius 2 is 2.00 bits per heavy atom. The molecule has 0 saturated heterocycles. The van der Waals surface area contributed by atoms with Crippen LogP contribution >= 0.6 is 0 Å². The molecule has 74 valence electrons. The van der Waals surface area contributed by atoms with Crippen LogP contribution in [0.25, 0.3) is 0 Å². The van der Waals surface area contributed by atoms with Crippen molar-refractivity contribution in [3.63, 3.8) is 0 Å². The van der Waals surface area contributed by atoms with Gasteiger partial charge in [-0.05, 0) is 12.1 Å². The highest BCUT2D eigenvalue weighted by Gasteiger charge is 2.20. The van der Waals surface area contributed by atoms with Gasteiger partial charge >= 0.3 is 0 Å². The van der Waals surface area contributed by atoms with Crippen molar-refractivity contribution in [1.82, 2.24) is 4.98 Å². The van der Waals surface area contributed by atoms with Crippen molar-refractivity contribution in [3.8, 4) is 11.6 Å². The molecule has 2 aromatic rings. The first-order valence-corrected chi connectivity index (χ1v) is 4.74. The molecule has 0 aliphatic carbocycles. The van der Waals surface area contributed by atoms with E-state index in [2.05, 4.69) is 4.98 Å². The van der Waals surface area contributed by atoms with Crippen molar-refractivity contribution in [2.24, 2.45) is 0 Å². The monoisotopic (exact) mass is 201 g/mol. The van der Waals surface area contributed by atoms with Crippen molar-refractivity contribution in [1.29, 1.82) is 0 Å². The third-order valence-corrected chi connectivity index (χ3v) is 2.48. The van der Waals surface area contributed by atoms with Gasteiger partial charge in [0.1, 0.15) is 0 Å². The largest absolute Gasteiger partial charge is 0.435 e. The molecule has 3 heteroatoms. The van der Waals surface area contributed by atoms with Gasteiger partial charge in [0, 0.05) is 23.7 Å². The van der Waals surface area contributed by atoms with Gasteiger partial charge in [0.25, 0.3) is 0 Å². The van der Waals surface area contributed by atoms with Gasteiger partial charge in [-0.25, -0.2) is 9.37 Å². The van der Waals surface area contributed by atoms with Crippen LogP contribution in [-0.4, -0.2) is 4.98 Å². The van der Waals surface area contributed by atoms with Gasteiger partial charge in [0.05, 0.1) is 0 Å². The van der Waals surface area contributed by atoms with Crippen LogP contribution in [0.15, 0.2) is 36.5 Å². The summed E-state index contributed by atoms with van der Waals surface area (Å²) in [6, 6.07) is 8.75. The normalized spacial score (nSPS) is 12.6. The summed E-state index contributed by atoms with van der Waals surface area (Å²) in [5.41, 5.74) is 1.87. The van der Waals surface area contributed by atoms with Crippen molar-refractivity contribution in [2.45, 2.75) is 6.42 Å². The minimum atomic E-state index is -0.330. The Labute approximate surface area is 86.3 Å². The Bertz CT molecular complexity index is 525. The quantitative estimate of drug-likeness (QED) is 0.558. The summed E-state index contributed by atoms with van der Waals surface area (Å²) >= 11 is 0. The molecule has 0 unspecified atom stereocenters. The molecule has 1 aromatic carbocycles. The number of halogens is 1. The first kappa shape index (κ1) is 8.41. The second-order valence-electron chi connectivity index (χ2n) is 3.47. The fourth-order valence-electron chi connectivity index (χ4n) is 1.76. The topological polar surface area (TPSA) is 22.1 Å². The highest BCUT2D eigenvalue weighted by atomic mass is 19.1. The van der Waals surface area contributed by atoms with Gasteiger partial charge in [0.2, 0.25) is 5.88 Å². The van der Waals surface area contributed by atoms with Crippen LogP contribution in [0.4, 0.5) is 4.39 Å². The van der Waals surface area contributed by atoms with E-state index >= 15 is 0 Å². The number of ether oxygens (including phenoxy) is 1. The lowest BCUT2D eigenvalue weighted by atomic mass is 10.0. The fraction of sp³-hybridized carbons (Fsp3) is 0.0833. The third-order valence-electron chi connectivity index (χ3n) is 2.48. The number of pyridine rings is 1. The van der Waals surface area contributed by atoms with Gasteiger partial charge in [-0.2, -0.15) is 0 Å². The number of hydrogen-bond acceptors (Lipinski definition) is 2. The molecule has 1 aliphatic rings. The summed E-state index contributed by atoms with van der Waals surface area (Å²) in [5.74, 6) is 0.489. The second-order valence-corrected chi connectivity index (χ2v) is 3.47. The standard InChI is InChI=1S/C12H8FNO/c13-10-5-1-3-8-7-9-4-2-6-14-12(9)15-11(8)10/h1-6H,7H2. The molecule has 3 rings (SSSR count). The van der Waals surface area contributed by atoms with E-state index in [1.54, 1.807) is 12.3 Å². The zero-order valence-electron chi connectivity index (χ0n) is 7.90. The second kappa shape index (κ2) is 3.05. The summed E-state index contributed by atoms with van der Waals surface area (Å²) < 4.78 is 18.8. The van der Waals surface area contributed by atoms with Crippen molar-refractivity contribution in [2.75, 3.05) is 0 Å². The number of aromatic nitrogens is 1. The van der Waals surface area contributed by atoms with Crippen molar-refractivity contribution in [3.05, 3.63) is 53.5 Å². The maximum Gasteiger partial charge on any atom is 0.222 e. The summed E-state index contributed by atoms with van der Waals surface area (Å²) in [6.45, 7) is 0. The highest BCUT2D eigenvalue weighted by Crippen LogP contribution is 2.36. The van der Waals surface area contributed by atoms with Gasteiger partial charge in [-0.3, -0.25) is 0 Å². The first-order valence-electron chi connectivity index (χ1n) is 4.74. The zero-order chi connectivity index (χ0) is 10.3. The molecule has 0 atom stereocenters. The molecule has 0 amide bonds. The molecule has 0 saturated carbocycles. The Hall–Kier alpha value is -1.90. The SMILES string of the molecule is Fc1cccc2c1Oc1ncccc1C2. The molecule has 15 heavy (non-hydrogen) atoms. The molecular formula is C12H8FNO. The smallest absolute Gasteiger partial charge is 0.222 e. The van der Waals surface area contributed by atoms with Crippen LogP contribution in [0.2, 0.25) is 0 Å². The maximum atomic E-state index is 13.4. The van der Waals surface area contributed by atoms with E-state index < -0.39 is 0 Å². The van der Waals surface area contributed by atoms with Crippen LogP contribution < -0.4 is 4.74 Å². The Kier molecular flexibility index (Phi) is 1.71. The molecule has 0 N–H and O–H groups in total. The van der Waals surface area contributed by atoms with E-state index in [0.29, 0.717) is 18.1 Å². The van der Waals surface area contributed by atoms with E-state index in [1.165, 1.54) is 6.07 Å². The van der Waals surface area contributed by atoms with Crippen LogP contribution in [-0.2, 0) is 6.42 Å². The molecule has 0 bridgehead atoms. The molecule has 0 radical (unpaired) electrons. The molecule has 1 aromatic heterocycles. The summed E-state index contributed by atoms with van der Waals surface area (Å²) in [7, 11) is 0. The van der Waals surface area contributed by atoms with Crippen molar-refractivity contribution >= 4 is 0 Å². The predicted molar refractivity (Wildman–Crippen MR) is 53.5 cm³/mol. The summed E-state index contributed by atoms with van der Waals surface area (Å²) in [4.78, 5) is 4.07. The van der Waals surface area contributed by atoms with Crippen LogP contribution in [0.5, 0.6) is 11.6 Å². The van der Waals surface area contributed by atoms with E-state index in [1.807, 2.05) is 18.2 Å². The van der Waals surface area contributed by atoms with Crippen molar-refractivity contribution < 1.29 is 9.13 Å². The van der Waals surface area contributed by atoms with Gasteiger partial charge in [0.15, 0.2) is 11.6 Å². The molecule has 2 heterocycles. The highest BCUT2D eigenvalue weighted by molar-refractivity contribution is 5.47. The third kappa shape index (κ3) is 1.28. The average molecular weight is 201 g/mol. The zero-order valence-corrected chi connectivity index (χ0v) is 7.90.